The average molecular weight is 331 g/mol. The summed E-state index contributed by atoms with van der Waals surface area (Å²) in [5.41, 5.74) is 0.515. The Kier molecular flexibility index (Phi) is 4.35. The maximum absolute atomic E-state index is 12.5. The molecule has 2 aromatic rings. The van der Waals surface area contributed by atoms with Crippen LogP contribution in [-0.2, 0) is 16.0 Å². The lowest BCUT2D eigenvalue weighted by molar-refractivity contribution is -0.136. The minimum atomic E-state index is -1.03. The summed E-state index contributed by atoms with van der Waals surface area (Å²) < 4.78 is 11.1. The minimum absolute atomic E-state index is 0.200. The second-order valence-electron chi connectivity index (χ2n) is 5.70. The zero-order valence-corrected chi connectivity index (χ0v) is 13.2. The quantitative estimate of drug-likeness (QED) is 0.847. The van der Waals surface area contributed by atoms with Crippen LogP contribution in [0.5, 0.6) is 0 Å². The number of fused-ring (bicyclic) bond motifs is 1. The number of nitrogens with zero attached hydrogens (tertiary/aromatic N) is 1. The number of hydrogen-bond donors (Lipinski definition) is 1. The van der Waals surface area contributed by atoms with Gasteiger partial charge in [-0.1, -0.05) is 0 Å². The molecule has 0 unspecified atom stereocenters. The first-order chi connectivity index (χ1) is 11.5. The molecule has 0 saturated carbocycles. The van der Waals surface area contributed by atoms with Gasteiger partial charge in [0.2, 0.25) is 0 Å². The molecule has 7 heteroatoms. The highest BCUT2D eigenvalue weighted by Gasteiger charge is 2.19. The highest BCUT2D eigenvalue weighted by Crippen LogP contribution is 2.25. The van der Waals surface area contributed by atoms with Crippen molar-refractivity contribution in [2.75, 3.05) is 31.2 Å². The van der Waals surface area contributed by atoms with Crippen LogP contribution < -0.4 is 10.3 Å². The highest BCUT2D eigenvalue weighted by atomic mass is 16.5. The molecule has 0 spiro atoms. The molecular formula is C17H17NO6. The van der Waals surface area contributed by atoms with E-state index in [1.54, 1.807) is 0 Å². The summed E-state index contributed by atoms with van der Waals surface area (Å²) in [5, 5.41) is 9.17. The molecule has 126 valence electrons. The van der Waals surface area contributed by atoms with E-state index in [-0.39, 0.29) is 34.2 Å². The average Bonchev–Trinajstić information content (AvgIpc) is 2.54. The van der Waals surface area contributed by atoms with Crippen molar-refractivity contribution in [2.24, 2.45) is 0 Å². The monoisotopic (exact) mass is 331 g/mol. The molecule has 2 heterocycles. The molecule has 1 aromatic carbocycles. The third-order valence-electron chi connectivity index (χ3n) is 3.93. The number of anilines is 1. The van der Waals surface area contributed by atoms with E-state index < -0.39 is 5.97 Å². The van der Waals surface area contributed by atoms with E-state index in [2.05, 4.69) is 0 Å². The van der Waals surface area contributed by atoms with Gasteiger partial charge in [-0.05, 0) is 24.6 Å². The zero-order valence-electron chi connectivity index (χ0n) is 13.2. The van der Waals surface area contributed by atoms with Crippen molar-refractivity contribution < 1.29 is 23.8 Å². The molecule has 1 fully saturated rings. The Balaban J connectivity index is 2.18. The van der Waals surface area contributed by atoms with Crippen LogP contribution in [0.25, 0.3) is 11.0 Å². The molecule has 0 radical (unpaired) electrons. The third kappa shape index (κ3) is 3.16. The number of carbonyl (C=O) groups excluding carboxylic acids is 1. The van der Waals surface area contributed by atoms with Crippen LogP contribution in [0, 0.1) is 0 Å². The summed E-state index contributed by atoms with van der Waals surface area (Å²) >= 11 is 0. The number of carboxylic acid groups (broad SMARTS) is 1. The Morgan fingerprint density at radius 3 is 2.54 bits per heavy atom. The number of aliphatic carboxylic acids is 1. The van der Waals surface area contributed by atoms with Crippen molar-refractivity contribution >= 4 is 28.6 Å². The van der Waals surface area contributed by atoms with Gasteiger partial charge in [-0.15, -0.1) is 0 Å². The molecule has 0 aliphatic carbocycles. The lowest BCUT2D eigenvalue weighted by Crippen LogP contribution is -2.36. The van der Waals surface area contributed by atoms with E-state index in [1.165, 1.54) is 25.1 Å². The standard InChI is InChI=1S/C17H17NO6/c1-10(19)12-6-11(8-16(21)22)7-13-14(20)9-15(24-17(12)13)18-2-4-23-5-3-18/h6-7,9H,2-5,8H2,1H3,(H,21,22). The predicted octanol–water partition coefficient (Wildman–Crippen LogP) is 1.46. The maximum Gasteiger partial charge on any atom is 0.307 e. The first-order valence-electron chi connectivity index (χ1n) is 7.62. The Morgan fingerprint density at radius 2 is 1.92 bits per heavy atom. The number of morpholine rings is 1. The lowest BCUT2D eigenvalue weighted by Gasteiger charge is -2.27. The Hall–Kier alpha value is -2.67. The summed E-state index contributed by atoms with van der Waals surface area (Å²) in [6.45, 7) is 3.64. The zero-order chi connectivity index (χ0) is 17.3. The molecule has 1 N–H and O–H groups in total. The van der Waals surface area contributed by atoms with Crippen LogP contribution in [0.3, 0.4) is 0 Å². The summed E-state index contributed by atoms with van der Waals surface area (Å²) in [6, 6.07) is 4.33. The van der Waals surface area contributed by atoms with Gasteiger partial charge in [-0.25, -0.2) is 0 Å². The molecule has 0 bridgehead atoms. The van der Waals surface area contributed by atoms with Crippen molar-refractivity contribution in [1.29, 1.82) is 0 Å². The molecule has 3 rings (SSSR count). The van der Waals surface area contributed by atoms with E-state index in [0.29, 0.717) is 37.8 Å². The number of benzene rings is 1. The SMILES string of the molecule is CC(=O)c1cc(CC(=O)O)cc2c(=O)cc(N3CCOCC3)oc12. The largest absolute Gasteiger partial charge is 0.481 e. The van der Waals surface area contributed by atoms with E-state index in [4.69, 9.17) is 14.3 Å². The Labute approximate surface area is 137 Å². The number of ether oxygens (including phenoxy) is 1. The lowest BCUT2D eigenvalue weighted by atomic mass is 10.0. The van der Waals surface area contributed by atoms with Crippen LogP contribution in [0.4, 0.5) is 5.88 Å². The van der Waals surface area contributed by atoms with Crippen LogP contribution in [0.15, 0.2) is 27.4 Å². The molecule has 1 aliphatic heterocycles. The fourth-order valence-electron chi connectivity index (χ4n) is 2.78. The summed E-state index contributed by atoms with van der Waals surface area (Å²) in [6.07, 6.45) is -0.263. The van der Waals surface area contributed by atoms with Crippen LogP contribution in [0.1, 0.15) is 22.8 Å². The summed E-state index contributed by atoms with van der Waals surface area (Å²) in [5.74, 6) is -0.919. The van der Waals surface area contributed by atoms with Crippen molar-refractivity contribution in [2.45, 2.75) is 13.3 Å². The number of ketones is 1. The molecular weight excluding hydrogens is 314 g/mol. The van der Waals surface area contributed by atoms with Crippen LogP contribution in [-0.4, -0.2) is 43.2 Å². The highest BCUT2D eigenvalue weighted by molar-refractivity contribution is 6.05. The van der Waals surface area contributed by atoms with Crippen LogP contribution in [0.2, 0.25) is 0 Å². The van der Waals surface area contributed by atoms with E-state index in [1.807, 2.05) is 4.90 Å². The van der Waals surface area contributed by atoms with Crippen molar-refractivity contribution in [3.63, 3.8) is 0 Å². The second-order valence-corrected chi connectivity index (χ2v) is 5.70. The molecule has 1 aromatic heterocycles. The van der Waals surface area contributed by atoms with Crippen molar-refractivity contribution in [3.8, 4) is 0 Å². The van der Waals surface area contributed by atoms with Gasteiger partial charge in [0.15, 0.2) is 22.7 Å². The number of Topliss-reactive ketones (excluding diaryl/α,β-unsaturated/α-hetero) is 1. The Bertz CT molecular complexity index is 863. The number of carbonyl (C=O) groups is 2. The van der Waals surface area contributed by atoms with Gasteiger partial charge in [-0.2, -0.15) is 0 Å². The first kappa shape index (κ1) is 16.2. The van der Waals surface area contributed by atoms with E-state index >= 15 is 0 Å². The molecule has 0 atom stereocenters. The minimum Gasteiger partial charge on any atom is -0.481 e. The van der Waals surface area contributed by atoms with Crippen LogP contribution >= 0.6 is 0 Å². The number of carboxylic acids is 1. The predicted molar refractivity (Wildman–Crippen MR) is 86.9 cm³/mol. The maximum atomic E-state index is 12.5. The topological polar surface area (TPSA) is 97.0 Å². The summed E-state index contributed by atoms with van der Waals surface area (Å²) in [4.78, 5) is 37.2. The van der Waals surface area contributed by atoms with Gasteiger partial charge in [-0.3, -0.25) is 14.4 Å². The van der Waals surface area contributed by atoms with E-state index in [9.17, 15) is 14.4 Å². The molecule has 24 heavy (non-hydrogen) atoms. The Morgan fingerprint density at radius 1 is 1.21 bits per heavy atom. The van der Waals surface area contributed by atoms with Gasteiger partial charge in [0.25, 0.3) is 0 Å². The second kappa shape index (κ2) is 6.45. The molecule has 1 aliphatic rings. The fourth-order valence-corrected chi connectivity index (χ4v) is 2.78. The van der Waals surface area contributed by atoms with Gasteiger partial charge >= 0.3 is 5.97 Å². The normalized spacial score (nSPS) is 14.8. The van der Waals surface area contributed by atoms with E-state index in [0.717, 1.165) is 0 Å². The summed E-state index contributed by atoms with van der Waals surface area (Å²) in [7, 11) is 0. The molecule has 7 nitrogen and oxygen atoms in total. The van der Waals surface area contributed by atoms with Crippen molar-refractivity contribution in [1.82, 2.24) is 0 Å². The molecule has 0 amide bonds. The smallest absolute Gasteiger partial charge is 0.307 e. The van der Waals surface area contributed by atoms with Gasteiger partial charge in [0.1, 0.15) is 0 Å². The third-order valence-corrected chi connectivity index (χ3v) is 3.93. The van der Waals surface area contributed by atoms with Gasteiger partial charge in [0, 0.05) is 19.2 Å². The fraction of sp³-hybridized carbons (Fsp3) is 0.353. The van der Waals surface area contributed by atoms with Crippen molar-refractivity contribution in [3.05, 3.63) is 39.5 Å². The first-order valence-corrected chi connectivity index (χ1v) is 7.62. The van der Waals surface area contributed by atoms with Gasteiger partial charge in [0.05, 0.1) is 30.6 Å². The molecule has 1 saturated heterocycles. The number of rotatable bonds is 4. The number of hydrogen-bond acceptors (Lipinski definition) is 6. The van der Waals surface area contributed by atoms with Gasteiger partial charge < -0.3 is 19.2 Å².